The summed E-state index contributed by atoms with van der Waals surface area (Å²) in [4.78, 5) is 22.2. The Morgan fingerprint density at radius 3 is 2.81 bits per heavy atom. The van der Waals surface area contributed by atoms with Gasteiger partial charge in [-0.3, -0.25) is 4.79 Å². The number of benzene rings is 1. The van der Waals surface area contributed by atoms with Gasteiger partial charge in [0.25, 0.3) is 0 Å². The van der Waals surface area contributed by atoms with E-state index in [2.05, 4.69) is 10.1 Å². The average Bonchev–Trinajstić information content (AvgIpc) is 2.72. The van der Waals surface area contributed by atoms with Crippen molar-refractivity contribution in [3.63, 3.8) is 0 Å². The third-order valence-electron chi connectivity index (χ3n) is 2.10. The van der Waals surface area contributed by atoms with Gasteiger partial charge in [-0.1, -0.05) is 12.1 Å². The van der Waals surface area contributed by atoms with Gasteiger partial charge >= 0.3 is 11.9 Å². The molecule has 0 atom stereocenters. The predicted octanol–water partition coefficient (Wildman–Crippen LogP) is 1.54. The van der Waals surface area contributed by atoms with E-state index in [1.165, 1.54) is 6.26 Å². The van der Waals surface area contributed by atoms with Crippen molar-refractivity contribution in [3.05, 3.63) is 30.5 Å². The summed E-state index contributed by atoms with van der Waals surface area (Å²) in [5.41, 5.74) is 1.09. The summed E-state index contributed by atoms with van der Waals surface area (Å²) in [7, 11) is 1.15. The highest BCUT2D eigenvalue weighted by molar-refractivity contribution is 6.37. The molecule has 82 valence electrons. The average molecular weight is 219 g/mol. The van der Waals surface area contributed by atoms with Gasteiger partial charge in [0.15, 0.2) is 0 Å². The molecule has 0 bridgehead atoms. The molecular weight excluding hydrogens is 210 g/mol. The maximum atomic E-state index is 11.3. The summed E-state index contributed by atoms with van der Waals surface area (Å²) in [6.45, 7) is 0. The lowest BCUT2D eigenvalue weighted by Crippen LogP contribution is -2.23. The number of ether oxygens (including phenoxy) is 1. The Bertz CT molecular complexity index is 544. The molecule has 1 N–H and O–H groups in total. The zero-order valence-electron chi connectivity index (χ0n) is 8.52. The molecule has 0 saturated heterocycles. The number of hydrogen-bond acceptors (Lipinski definition) is 4. The van der Waals surface area contributed by atoms with Crippen LogP contribution < -0.4 is 5.32 Å². The van der Waals surface area contributed by atoms with Crippen LogP contribution >= 0.6 is 0 Å². The molecule has 0 aliphatic carbocycles. The fraction of sp³-hybridized carbons (Fsp3) is 0.0909. The van der Waals surface area contributed by atoms with Crippen LogP contribution in [0.4, 0.5) is 5.69 Å². The van der Waals surface area contributed by atoms with Crippen molar-refractivity contribution in [3.8, 4) is 0 Å². The standard InChI is InChI=1S/C11H9NO4/c1-15-11(14)10(13)12-8-6-16-9-5-3-2-4-7(8)9/h2-6H,1H3,(H,12,13). The van der Waals surface area contributed by atoms with E-state index in [1.54, 1.807) is 12.1 Å². The lowest BCUT2D eigenvalue weighted by Gasteiger charge is -2.00. The first kappa shape index (κ1) is 10.2. The molecule has 0 saturated carbocycles. The van der Waals surface area contributed by atoms with E-state index in [9.17, 15) is 9.59 Å². The number of furan rings is 1. The van der Waals surface area contributed by atoms with Crippen LogP contribution in [0.15, 0.2) is 34.9 Å². The number of para-hydroxylation sites is 1. The number of esters is 1. The minimum Gasteiger partial charge on any atom is -0.462 e. The number of carbonyl (C=O) groups is 2. The van der Waals surface area contributed by atoms with E-state index >= 15 is 0 Å². The molecule has 2 rings (SSSR count). The highest BCUT2D eigenvalue weighted by atomic mass is 16.5. The van der Waals surface area contributed by atoms with Crippen LogP contribution in [0.3, 0.4) is 0 Å². The zero-order valence-corrected chi connectivity index (χ0v) is 8.52. The number of hydrogen-bond donors (Lipinski definition) is 1. The second-order valence-electron chi connectivity index (χ2n) is 3.09. The Morgan fingerprint density at radius 1 is 1.31 bits per heavy atom. The third kappa shape index (κ3) is 1.75. The number of rotatable bonds is 1. The van der Waals surface area contributed by atoms with E-state index in [-0.39, 0.29) is 0 Å². The smallest absolute Gasteiger partial charge is 0.396 e. The highest BCUT2D eigenvalue weighted by Crippen LogP contribution is 2.25. The van der Waals surface area contributed by atoms with Gasteiger partial charge in [-0.2, -0.15) is 0 Å². The summed E-state index contributed by atoms with van der Waals surface area (Å²) in [6.07, 6.45) is 1.38. The fourth-order valence-corrected chi connectivity index (χ4v) is 1.34. The summed E-state index contributed by atoms with van der Waals surface area (Å²) in [5, 5.41) is 3.14. The SMILES string of the molecule is COC(=O)C(=O)Nc1coc2ccccc12. The largest absolute Gasteiger partial charge is 0.462 e. The van der Waals surface area contributed by atoms with Gasteiger partial charge in [-0.05, 0) is 12.1 Å². The Morgan fingerprint density at radius 2 is 2.06 bits per heavy atom. The molecule has 5 nitrogen and oxygen atoms in total. The normalized spacial score (nSPS) is 10.1. The predicted molar refractivity (Wildman–Crippen MR) is 56.9 cm³/mol. The Hall–Kier alpha value is -2.30. The summed E-state index contributed by atoms with van der Waals surface area (Å²) in [6, 6.07) is 7.18. The van der Waals surface area contributed by atoms with Crippen molar-refractivity contribution in [1.29, 1.82) is 0 Å². The van der Waals surface area contributed by atoms with Crippen molar-refractivity contribution in [2.75, 3.05) is 12.4 Å². The van der Waals surface area contributed by atoms with Gasteiger partial charge < -0.3 is 14.5 Å². The molecule has 1 heterocycles. The zero-order chi connectivity index (χ0) is 11.5. The molecule has 0 fully saturated rings. The third-order valence-corrected chi connectivity index (χ3v) is 2.10. The highest BCUT2D eigenvalue weighted by Gasteiger charge is 2.16. The molecule has 0 aliphatic heterocycles. The number of amides is 1. The lowest BCUT2D eigenvalue weighted by atomic mass is 10.2. The van der Waals surface area contributed by atoms with E-state index in [0.29, 0.717) is 11.3 Å². The first-order chi connectivity index (χ1) is 7.72. The molecule has 5 heteroatoms. The first-order valence-corrected chi connectivity index (χ1v) is 4.58. The topological polar surface area (TPSA) is 68.5 Å². The van der Waals surface area contributed by atoms with E-state index in [1.807, 2.05) is 12.1 Å². The van der Waals surface area contributed by atoms with Crippen molar-refractivity contribution < 1.29 is 18.7 Å². The van der Waals surface area contributed by atoms with Crippen LogP contribution in [0.5, 0.6) is 0 Å². The number of fused-ring (bicyclic) bond motifs is 1. The van der Waals surface area contributed by atoms with Crippen LogP contribution in [-0.2, 0) is 14.3 Å². The molecule has 0 spiro atoms. The van der Waals surface area contributed by atoms with E-state index < -0.39 is 11.9 Å². The lowest BCUT2D eigenvalue weighted by molar-refractivity contribution is -0.150. The molecule has 16 heavy (non-hydrogen) atoms. The minimum atomic E-state index is -0.940. The van der Waals surface area contributed by atoms with Gasteiger partial charge in [-0.25, -0.2) is 4.79 Å². The van der Waals surface area contributed by atoms with Gasteiger partial charge in [0.05, 0.1) is 12.8 Å². The summed E-state index contributed by atoms with van der Waals surface area (Å²) >= 11 is 0. The second kappa shape index (κ2) is 4.06. The number of carbonyl (C=O) groups excluding carboxylic acids is 2. The van der Waals surface area contributed by atoms with Crippen molar-refractivity contribution >= 4 is 28.5 Å². The minimum absolute atomic E-state index is 0.450. The summed E-state index contributed by atoms with van der Waals surface area (Å²) < 4.78 is 9.49. The Labute approximate surface area is 91.0 Å². The molecule has 1 aromatic heterocycles. The van der Waals surface area contributed by atoms with Crippen molar-refractivity contribution in [2.45, 2.75) is 0 Å². The summed E-state index contributed by atoms with van der Waals surface area (Å²) in [5.74, 6) is -1.76. The molecule has 0 unspecified atom stereocenters. The molecule has 1 amide bonds. The van der Waals surface area contributed by atoms with Crippen LogP contribution in [0, 0.1) is 0 Å². The van der Waals surface area contributed by atoms with Crippen LogP contribution in [-0.4, -0.2) is 19.0 Å². The van der Waals surface area contributed by atoms with Gasteiger partial charge in [0.1, 0.15) is 11.8 Å². The maximum Gasteiger partial charge on any atom is 0.396 e. The first-order valence-electron chi connectivity index (χ1n) is 4.58. The quantitative estimate of drug-likeness (QED) is 0.583. The van der Waals surface area contributed by atoms with Gasteiger partial charge in [-0.15, -0.1) is 0 Å². The number of anilines is 1. The van der Waals surface area contributed by atoms with Crippen molar-refractivity contribution in [1.82, 2.24) is 0 Å². The molecule has 0 aliphatic rings. The Kier molecular flexibility index (Phi) is 2.59. The number of nitrogens with one attached hydrogen (secondary N) is 1. The second-order valence-corrected chi connectivity index (χ2v) is 3.09. The van der Waals surface area contributed by atoms with E-state index in [4.69, 9.17) is 4.42 Å². The molecule has 1 aromatic carbocycles. The molecule has 2 aromatic rings. The van der Waals surface area contributed by atoms with Crippen molar-refractivity contribution in [2.24, 2.45) is 0 Å². The molecular formula is C11H9NO4. The monoisotopic (exact) mass is 219 g/mol. The van der Waals surface area contributed by atoms with Gasteiger partial charge in [0, 0.05) is 5.39 Å². The number of methoxy groups -OCH3 is 1. The fourth-order valence-electron chi connectivity index (χ4n) is 1.34. The van der Waals surface area contributed by atoms with Gasteiger partial charge in [0.2, 0.25) is 0 Å². The van der Waals surface area contributed by atoms with Crippen LogP contribution in [0.2, 0.25) is 0 Å². The Balaban J connectivity index is 2.28. The van der Waals surface area contributed by atoms with Crippen LogP contribution in [0.1, 0.15) is 0 Å². The van der Waals surface area contributed by atoms with Crippen LogP contribution in [0.25, 0.3) is 11.0 Å². The maximum absolute atomic E-state index is 11.3. The van der Waals surface area contributed by atoms with E-state index in [0.717, 1.165) is 12.5 Å². The molecule has 0 radical (unpaired) electrons.